The van der Waals surface area contributed by atoms with Crippen molar-refractivity contribution in [2.45, 2.75) is 52.5 Å². The van der Waals surface area contributed by atoms with E-state index in [0.29, 0.717) is 11.7 Å². The van der Waals surface area contributed by atoms with E-state index in [1.54, 1.807) is 0 Å². The van der Waals surface area contributed by atoms with Gasteiger partial charge in [-0.15, -0.1) is 0 Å². The van der Waals surface area contributed by atoms with Gasteiger partial charge in [0.2, 0.25) is 0 Å². The van der Waals surface area contributed by atoms with E-state index < -0.39 is 0 Å². The molecule has 1 aliphatic rings. The first-order valence-corrected chi connectivity index (χ1v) is 12.6. The van der Waals surface area contributed by atoms with Gasteiger partial charge < -0.3 is 18.9 Å². The smallest absolute Gasteiger partial charge is 0.313 e. The standard InChI is InChI=1S/C28H37N3O3/c1-4-33-20-19-31-26-8-6-5-7-25(26)29-27(31)23-14-17-30(18-15-23)16-13-22-9-11-24(12-10-22)34-28(32)21(2)3/h5-12,21,23H,4,13-20H2,1-3H3. The number of rotatable bonds is 10. The number of fused-ring (bicyclic) bond motifs is 1. The molecule has 0 unspecified atom stereocenters. The Hall–Kier alpha value is -2.70. The molecule has 6 heteroatoms. The Morgan fingerprint density at radius 3 is 2.50 bits per heavy atom. The molecule has 0 bridgehead atoms. The third-order valence-corrected chi connectivity index (χ3v) is 6.63. The quantitative estimate of drug-likeness (QED) is 0.239. The Kier molecular flexibility index (Phi) is 8.35. The molecule has 0 aliphatic carbocycles. The number of esters is 1. The molecule has 6 nitrogen and oxygen atoms in total. The van der Waals surface area contributed by atoms with Crippen LogP contribution in [-0.2, 0) is 22.5 Å². The van der Waals surface area contributed by atoms with Crippen molar-refractivity contribution in [2.75, 3.05) is 32.8 Å². The molecule has 0 amide bonds. The van der Waals surface area contributed by atoms with Gasteiger partial charge in [-0.05, 0) is 69.1 Å². The van der Waals surface area contributed by atoms with E-state index in [1.165, 1.54) is 16.9 Å². The lowest BCUT2D eigenvalue weighted by Crippen LogP contribution is -2.35. The lowest BCUT2D eigenvalue weighted by atomic mass is 9.95. The van der Waals surface area contributed by atoms with Gasteiger partial charge in [-0.25, -0.2) is 4.98 Å². The summed E-state index contributed by atoms with van der Waals surface area (Å²) in [5, 5.41) is 0. The number of piperidine rings is 1. The first-order valence-electron chi connectivity index (χ1n) is 12.6. The van der Waals surface area contributed by atoms with E-state index in [4.69, 9.17) is 14.5 Å². The Bertz CT molecular complexity index is 1070. The van der Waals surface area contributed by atoms with Gasteiger partial charge in [0.1, 0.15) is 11.6 Å². The second-order valence-electron chi connectivity index (χ2n) is 9.39. The molecule has 0 saturated carbocycles. The van der Waals surface area contributed by atoms with E-state index >= 15 is 0 Å². The number of hydrogen-bond donors (Lipinski definition) is 0. The average Bonchev–Trinajstić information content (AvgIpc) is 3.22. The van der Waals surface area contributed by atoms with Gasteiger partial charge in [-0.1, -0.05) is 38.1 Å². The minimum Gasteiger partial charge on any atom is -0.426 e. The maximum Gasteiger partial charge on any atom is 0.313 e. The maximum absolute atomic E-state index is 11.8. The third kappa shape index (κ3) is 6.05. The van der Waals surface area contributed by atoms with Crippen LogP contribution in [0.25, 0.3) is 11.0 Å². The average molecular weight is 464 g/mol. The number of hydrogen-bond acceptors (Lipinski definition) is 5. The van der Waals surface area contributed by atoms with Crippen molar-refractivity contribution < 1.29 is 14.3 Å². The molecular formula is C28H37N3O3. The molecule has 3 aromatic rings. The van der Waals surface area contributed by atoms with Gasteiger partial charge in [0.25, 0.3) is 0 Å². The van der Waals surface area contributed by atoms with Gasteiger partial charge in [0.15, 0.2) is 0 Å². The normalized spacial score (nSPS) is 15.3. The highest BCUT2D eigenvalue weighted by Gasteiger charge is 2.25. The fraction of sp³-hybridized carbons (Fsp3) is 0.500. The molecule has 0 N–H and O–H groups in total. The third-order valence-electron chi connectivity index (χ3n) is 6.63. The number of para-hydroxylation sites is 2. The van der Waals surface area contributed by atoms with Crippen LogP contribution >= 0.6 is 0 Å². The van der Waals surface area contributed by atoms with Gasteiger partial charge in [-0.2, -0.15) is 0 Å². The molecule has 182 valence electrons. The topological polar surface area (TPSA) is 56.6 Å². The summed E-state index contributed by atoms with van der Waals surface area (Å²) in [4.78, 5) is 19.3. The Morgan fingerprint density at radius 2 is 1.79 bits per heavy atom. The van der Waals surface area contributed by atoms with Crippen molar-refractivity contribution >= 4 is 17.0 Å². The van der Waals surface area contributed by atoms with Crippen LogP contribution in [0, 0.1) is 5.92 Å². The number of benzene rings is 2. The molecule has 0 spiro atoms. The van der Waals surface area contributed by atoms with Crippen LogP contribution in [0.15, 0.2) is 48.5 Å². The molecule has 2 heterocycles. The molecule has 1 saturated heterocycles. The number of carbonyl (C=O) groups is 1. The van der Waals surface area contributed by atoms with Crippen LogP contribution in [0.4, 0.5) is 0 Å². The van der Waals surface area contributed by atoms with Crippen LogP contribution < -0.4 is 4.74 Å². The summed E-state index contributed by atoms with van der Waals surface area (Å²) in [5.74, 6) is 2.01. The highest BCUT2D eigenvalue weighted by Crippen LogP contribution is 2.30. The molecule has 0 radical (unpaired) electrons. The van der Waals surface area contributed by atoms with Crippen molar-refractivity contribution in [3.63, 3.8) is 0 Å². The Morgan fingerprint density at radius 1 is 1.06 bits per heavy atom. The van der Waals surface area contributed by atoms with Gasteiger partial charge >= 0.3 is 5.97 Å². The molecule has 0 atom stereocenters. The number of imidazole rings is 1. The van der Waals surface area contributed by atoms with Crippen molar-refractivity contribution in [3.05, 3.63) is 59.9 Å². The van der Waals surface area contributed by atoms with E-state index in [-0.39, 0.29) is 11.9 Å². The number of carbonyl (C=O) groups excluding carboxylic acids is 1. The second kappa shape index (κ2) is 11.6. The molecule has 2 aromatic carbocycles. The first kappa shape index (κ1) is 24.4. The minimum atomic E-state index is -0.193. The fourth-order valence-electron chi connectivity index (χ4n) is 4.60. The predicted octanol–water partition coefficient (Wildman–Crippen LogP) is 5.06. The summed E-state index contributed by atoms with van der Waals surface area (Å²) >= 11 is 0. The van der Waals surface area contributed by atoms with E-state index in [1.807, 2.05) is 32.9 Å². The highest BCUT2D eigenvalue weighted by molar-refractivity contribution is 5.76. The van der Waals surface area contributed by atoms with Crippen LogP contribution in [0.5, 0.6) is 5.75 Å². The van der Waals surface area contributed by atoms with Crippen molar-refractivity contribution in [3.8, 4) is 5.75 Å². The van der Waals surface area contributed by atoms with Crippen LogP contribution in [0.3, 0.4) is 0 Å². The summed E-state index contributed by atoms with van der Waals surface area (Å²) in [5.41, 5.74) is 3.56. The van der Waals surface area contributed by atoms with Crippen LogP contribution in [0.2, 0.25) is 0 Å². The van der Waals surface area contributed by atoms with Crippen molar-refractivity contribution in [2.24, 2.45) is 5.92 Å². The number of nitrogens with zero attached hydrogens (tertiary/aromatic N) is 3. The summed E-state index contributed by atoms with van der Waals surface area (Å²) in [7, 11) is 0. The van der Waals surface area contributed by atoms with E-state index in [2.05, 4.69) is 45.9 Å². The second-order valence-corrected chi connectivity index (χ2v) is 9.39. The monoisotopic (exact) mass is 463 g/mol. The van der Waals surface area contributed by atoms with Crippen LogP contribution in [0.1, 0.15) is 50.9 Å². The zero-order valence-corrected chi connectivity index (χ0v) is 20.7. The summed E-state index contributed by atoms with van der Waals surface area (Å²) in [6.07, 6.45) is 3.25. The first-order chi connectivity index (χ1) is 16.5. The minimum absolute atomic E-state index is 0.122. The number of ether oxygens (including phenoxy) is 2. The highest BCUT2D eigenvalue weighted by atomic mass is 16.5. The predicted molar refractivity (Wildman–Crippen MR) is 135 cm³/mol. The van der Waals surface area contributed by atoms with Crippen molar-refractivity contribution in [1.29, 1.82) is 0 Å². The largest absolute Gasteiger partial charge is 0.426 e. The number of likely N-dealkylation sites (tertiary alicyclic amines) is 1. The number of aromatic nitrogens is 2. The summed E-state index contributed by atoms with van der Waals surface area (Å²) in [6.45, 7) is 11.3. The summed E-state index contributed by atoms with van der Waals surface area (Å²) < 4.78 is 13.4. The Balaban J connectivity index is 1.31. The van der Waals surface area contributed by atoms with Gasteiger partial charge in [0.05, 0.1) is 23.6 Å². The molecule has 34 heavy (non-hydrogen) atoms. The Labute approximate surface area is 202 Å². The van der Waals surface area contributed by atoms with Crippen molar-refractivity contribution in [1.82, 2.24) is 14.5 Å². The fourth-order valence-corrected chi connectivity index (χ4v) is 4.60. The van der Waals surface area contributed by atoms with E-state index in [9.17, 15) is 4.79 Å². The van der Waals surface area contributed by atoms with Gasteiger partial charge in [0, 0.05) is 25.6 Å². The molecule has 1 aromatic heterocycles. The van der Waals surface area contributed by atoms with Gasteiger partial charge in [-0.3, -0.25) is 4.79 Å². The molecule has 1 fully saturated rings. The zero-order chi connectivity index (χ0) is 23.9. The van der Waals surface area contributed by atoms with E-state index in [0.717, 1.165) is 64.2 Å². The molecule has 1 aliphatic heterocycles. The lowest BCUT2D eigenvalue weighted by molar-refractivity contribution is -0.137. The van der Waals surface area contributed by atoms with Crippen LogP contribution in [-0.4, -0.2) is 53.3 Å². The molecular weight excluding hydrogens is 426 g/mol. The maximum atomic E-state index is 11.8. The lowest BCUT2D eigenvalue weighted by Gasteiger charge is -2.32. The zero-order valence-electron chi connectivity index (χ0n) is 20.7. The summed E-state index contributed by atoms with van der Waals surface area (Å²) in [6, 6.07) is 16.4. The SMILES string of the molecule is CCOCCn1c(C2CCN(CCc3ccc(OC(=O)C(C)C)cc3)CC2)nc2ccccc21. The molecule has 4 rings (SSSR count).